The summed E-state index contributed by atoms with van der Waals surface area (Å²) in [4.78, 5) is 38.6. The number of rotatable bonds is 14. The first kappa shape index (κ1) is 29.3. The van der Waals surface area contributed by atoms with E-state index >= 15 is 0 Å². The molecule has 15 heteroatoms. The first-order valence-corrected chi connectivity index (χ1v) is 15.2. The zero-order valence-electron chi connectivity index (χ0n) is 20.2. The Hall–Kier alpha value is -0.940. The SMILES string of the molecule is CCOP(=O)(OCC)C(CC(=O)NC1C(=O)N2C1SC(C)(C)C2C(=O)O)P(=O)(OCC)OCC. The molecule has 2 N–H and O–H groups in total. The Labute approximate surface area is 203 Å². The average Bonchev–Trinajstić information content (AvgIpc) is 2.99. The number of aliphatic carboxylic acids is 1. The molecule has 12 nitrogen and oxygen atoms in total. The van der Waals surface area contributed by atoms with Crippen LogP contribution in [0, 0.1) is 0 Å². The zero-order valence-corrected chi connectivity index (χ0v) is 22.8. The number of hydrogen-bond acceptors (Lipinski definition) is 10. The largest absolute Gasteiger partial charge is 0.480 e. The Morgan fingerprint density at radius 3 is 1.85 bits per heavy atom. The molecular formula is C19H34N2O10P2S. The fourth-order valence-corrected chi connectivity index (χ4v) is 10.9. The van der Waals surface area contributed by atoms with Gasteiger partial charge in [-0.25, -0.2) is 4.79 Å². The van der Waals surface area contributed by atoms with Crippen molar-refractivity contribution in [1.82, 2.24) is 10.2 Å². The van der Waals surface area contributed by atoms with Crippen LogP contribution in [0.4, 0.5) is 0 Å². The Morgan fingerprint density at radius 1 is 1.03 bits per heavy atom. The second-order valence-electron chi connectivity index (χ2n) is 8.08. The van der Waals surface area contributed by atoms with Gasteiger partial charge >= 0.3 is 21.2 Å². The maximum atomic E-state index is 13.6. The fourth-order valence-electron chi connectivity index (χ4n) is 4.08. The van der Waals surface area contributed by atoms with Gasteiger partial charge in [-0.1, -0.05) is 0 Å². The maximum absolute atomic E-state index is 13.6. The lowest BCUT2D eigenvalue weighted by molar-refractivity contribution is -0.161. The zero-order chi connectivity index (χ0) is 25.9. The number of thioether (sulfide) groups is 1. The van der Waals surface area contributed by atoms with Crippen LogP contribution < -0.4 is 5.32 Å². The molecule has 34 heavy (non-hydrogen) atoms. The highest BCUT2D eigenvalue weighted by molar-refractivity contribution is 8.01. The lowest BCUT2D eigenvalue weighted by atomic mass is 9.96. The van der Waals surface area contributed by atoms with E-state index in [1.807, 2.05) is 0 Å². The van der Waals surface area contributed by atoms with Crippen molar-refractivity contribution in [2.24, 2.45) is 0 Å². The van der Waals surface area contributed by atoms with E-state index in [9.17, 15) is 28.6 Å². The van der Waals surface area contributed by atoms with Crippen LogP contribution in [-0.4, -0.2) is 81.8 Å². The molecule has 2 heterocycles. The third-order valence-corrected chi connectivity index (χ3v) is 12.9. The van der Waals surface area contributed by atoms with E-state index in [0.717, 1.165) is 0 Å². The van der Waals surface area contributed by atoms with Crippen LogP contribution in [0.3, 0.4) is 0 Å². The predicted molar refractivity (Wildman–Crippen MR) is 126 cm³/mol. The smallest absolute Gasteiger partial charge is 0.346 e. The van der Waals surface area contributed by atoms with E-state index in [1.54, 1.807) is 41.5 Å². The van der Waals surface area contributed by atoms with Gasteiger partial charge in [0.2, 0.25) is 11.8 Å². The first-order chi connectivity index (χ1) is 15.8. The number of fused-ring (bicyclic) bond motifs is 1. The summed E-state index contributed by atoms with van der Waals surface area (Å²) >= 11 is 1.27. The van der Waals surface area contributed by atoms with Crippen molar-refractivity contribution in [3.05, 3.63) is 0 Å². The summed E-state index contributed by atoms with van der Waals surface area (Å²) in [6.45, 7) is 9.62. The van der Waals surface area contributed by atoms with E-state index in [0.29, 0.717) is 0 Å². The maximum Gasteiger partial charge on any atom is 0.346 e. The molecule has 196 valence electrons. The molecule has 2 aliphatic rings. The van der Waals surface area contributed by atoms with Crippen molar-refractivity contribution in [1.29, 1.82) is 0 Å². The summed E-state index contributed by atoms with van der Waals surface area (Å²) in [6, 6.07) is -2.00. The molecule has 3 atom stereocenters. The average molecular weight is 545 g/mol. The Kier molecular flexibility index (Phi) is 9.83. The summed E-state index contributed by atoms with van der Waals surface area (Å²) < 4.78 is 47.8. The van der Waals surface area contributed by atoms with E-state index in [2.05, 4.69) is 5.32 Å². The Bertz CT molecular complexity index is 835. The quantitative estimate of drug-likeness (QED) is 0.245. The van der Waals surface area contributed by atoms with Crippen LogP contribution in [0.15, 0.2) is 0 Å². The second kappa shape index (κ2) is 11.4. The highest BCUT2D eigenvalue weighted by Crippen LogP contribution is 2.71. The van der Waals surface area contributed by atoms with Crippen molar-refractivity contribution in [3.8, 4) is 0 Å². The number of hydrogen-bond donors (Lipinski definition) is 2. The van der Waals surface area contributed by atoms with Gasteiger partial charge in [0.15, 0.2) is 5.40 Å². The number of nitrogens with one attached hydrogen (secondary N) is 1. The number of carboxylic acid groups (broad SMARTS) is 1. The van der Waals surface area contributed by atoms with Gasteiger partial charge in [-0.05, 0) is 41.5 Å². The molecule has 0 aliphatic carbocycles. The molecular weight excluding hydrogens is 510 g/mol. The molecule has 2 saturated heterocycles. The van der Waals surface area contributed by atoms with Crippen molar-refractivity contribution in [2.45, 2.75) is 75.6 Å². The summed E-state index contributed by atoms with van der Waals surface area (Å²) in [5.74, 6) is -2.39. The second-order valence-corrected chi connectivity index (χ2v) is 14.7. The van der Waals surface area contributed by atoms with E-state index < -0.39 is 67.0 Å². The molecule has 0 aromatic heterocycles. The molecule has 3 unspecified atom stereocenters. The molecule has 2 aliphatic heterocycles. The molecule has 2 fully saturated rings. The number of carboxylic acids is 1. The van der Waals surface area contributed by atoms with Gasteiger partial charge in [0, 0.05) is 4.75 Å². The van der Waals surface area contributed by atoms with E-state index in [4.69, 9.17) is 18.1 Å². The van der Waals surface area contributed by atoms with Gasteiger partial charge in [-0.3, -0.25) is 18.7 Å². The van der Waals surface area contributed by atoms with Gasteiger partial charge in [0.25, 0.3) is 0 Å². The highest BCUT2D eigenvalue weighted by Gasteiger charge is 2.64. The van der Waals surface area contributed by atoms with E-state index in [-0.39, 0.29) is 26.4 Å². The monoisotopic (exact) mass is 544 g/mol. The van der Waals surface area contributed by atoms with Crippen molar-refractivity contribution < 1.29 is 46.7 Å². The van der Waals surface area contributed by atoms with Crippen molar-refractivity contribution in [2.75, 3.05) is 26.4 Å². The molecule has 2 rings (SSSR count). The molecule has 0 spiro atoms. The van der Waals surface area contributed by atoms with Crippen molar-refractivity contribution >= 4 is 44.7 Å². The number of carbonyl (C=O) groups excluding carboxylic acids is 2. The summed E-state index contributed by atoms with van der Waals surface area (Å²) in [6.07, 6.45) is -0.610. The number of nitrogens with zero attached hydrogens (tertiary/aromatic N) is 1. The Balaban J connectivity index is 2.28. The van der Waals surface area contributed by atoms with Crippen LogP contribution in [-0.2, 0) is 41.6 Å². The van der Waals surface area contributed by atoms with E-state index in [1.165, 1.54) is 16.7 Å². The van der Waals surface area contributed by atoms with Crippen LogP contribution in [0.25, 0.3) is 0 Å². The van der Waals surface area contributed by atoms with Gasteiger partial charge in [-0.2, -0.15) is 0 Å². The third kappa shape index (κ3) is 5.72. The van der Waals surface area contributed by atoms with Gasteiger partial charge in [0.05, 0.1) is 32.8 Å². The summed E-state index contributed by atoms with van der Waals surface area (Å²) in [5.41, 5.74) is 0. The van der Waals surface area contributed by atoms with Crippen LogP contribution in [0.2, 0.25) is 0 Å². The lowest BCUT2D eigenvalue weighted by Crippen LogP contribution is -2.70. The molecule has 2 amide bonds. The minimum Gasteiger partial charge on any atom is -0.480 e. The standard InChI is InChI=1S/C19H34N2O10P2S/c1-7-28-32(26,29-8-2)13(33(27,30-9-3)31-10-4)11-12(22)20-14-16(23)21-15(18(24)25)19(5,6)34-17(14)21/h13-15,17H,7-11H2,1-6H3,(H,20,22)(H,24,25). The van der Waals surface area contributed by atoms with Crippen LogP contribution in [0.5, 0.6) is 0 Å². The predicted octanol–water partition coefficient (Wildman–Crippen LogP) is 2.87. The van der Waals surface area contributed by atoms with Gasteiger partial charge in [0.1, 0.15) is 17.5 Å². The molecule has 0 aromatic carbocycles. The highest BCUT2D eigenvalue weighted by atomic mass is 32.2. The van der Waals surface area contributed by atoms with Crippen LogP contribution in [0.1, 0.15) is 48.0 Å². The molecule has 0 aromatic rings. The molecule has 0 bridgehead atoms. The van der Waals surface area contributed by atoms with Gasteiger partial charge < -0.3 is 33.4 Å². The van der Waals surface area contributed by atoms with Crippen LogP contribution >= 0.6 is 27.0 Å². The number of amides is 2. The normalized spacial score (nSPS) is 24.1. The Morgan fingerprint density at radius 2 is 1.47 bits per heavy atom. The third-order valence-electron chi connectivity index (χ3n) is 5.33. The topological polar surface area (TPSA) is 158 Å². The summed E-state index contributed by atoms with van der Waals surface area (Å²) in [7, 11) is -8.26. The molecule has 0 radical (unpaired) electrons. The fraction of sp³-hybridized carbons (Fsp3) is 0.842. The summed E-state index contributed by atoms with van der Waals surface area (Å²) in [5, 5.41) is 10.00. The number of β-lactam (4-membered cyclic amide) rings is 1. The minimum atomic E-state index is -4.13. The lowest BCUT2D eigenvalue weighted by Gasteiger charge is -2.43. The van der Waals surface area contributed by atoms with Gasteiger partial charge in [-0.15, -0.1) is 11.8 Å². The number of carbonyl (C=O) groups is 3. The van der Waals surface area contributed by atoms with Crippen molar-refractivity contribution in [3.63, 3.8) is 0 Å². The first-order valence-electron chi connectivity index (χ1n) is 11.1. The minimum absolute atomic E-state index is 0.0336. The molecule has 0 saturated carbocycles.